The summed E-state index contributed by atoms with van der Waals surface area (Å²) >= 11 is 0. The monoisotopic (exact) mass is 714 g/mol. The topological polar surface area (TPSA) is 147 Å². The molecule has 4 rings (SSSR count). The van der Waals surface area contributed by atoms with E-state index in [0.29, 0.717) is 42.3 Å². The standard InChI is InChI=1S/C36H47FN4O8S/c1-24-21-41(25(2)23-42)35(43)32-20-29(39-36(44)38-28-11-14-30(47-5)15-12-28)13-18-33(32)49-26(3)8-6-7-19-48-34(24)22-40(4)50(45,46)31-16-9-27(37)10-17-31/h9-18,20,24-26,34,42H,6-8,19,21-23H2,1-5H3,(H2,38,39,44)/t24-,25-,26+,34+/m0/s1. The summed E-state index contributed by atoms with van der Waals surface area (Å²) in [5.74, 6) is -0.393. The number of carbonyl (C=O) groups is 2. The van der Waals surface area contributed by atoms with Crippen molar-refractivity contribution in [2.45, 2.75) is 63.2 Å². The molecule has 1 heterocycles. The lowest BCUT2D eigenvalue weighted by atomic mass is 10.0. The summed E-state index contributed by atoms with van der Waals surface area (Å²) in [7, 11) is -0.976. The van der Waals surface area contributed by atoms with Crippen LogP contribution in [0.2, 0.25) is 0 Å². The largest absolute Gasteiger partial charge is 0.497 e. The number of rotatable bonds is 9. The van der Waals surface area contributed by atoms with E-state index in [2.05, 4.69) is 10.6 Å². The van der Waals surface area contributed by atoms with Crippen molar-refractivity contribution in [3.05, 3.63) is 78.1 Å². The third-order valence-electron chi connectivity index (χ3n) is 8.62. The van der Waals surface area contributed by atoms with Gasteiger partial charge >= 0.3 is 6.03 Å². The zero-order valence-corrected chi connectivity index (χ0v) is 29.9. The third kappa shape index (κ3) is 10.2. The van der Waals surface area contributed by atoms with Crippen LogP contribution in [0.1, 0.15) is 50.4 Å². The number of likely N-dealkylation sites (N-methyl/N-ethyl adjacent to an activating group) is 1. The Morgan fingerprint density at radius 3 is 2.38 bits per heavy atom. The van der Waals surface area contributed by atoms with E-state index in [0.717, 1.165) is 18.6 Å². The SMILES string of the molecule is COc1ccc(NC(=O)Nc2ccc3c(c2)C(=O)N([C@@H](C)CO)C[C@H](C)[C@@H](CN(C)S(=O)(=O)c2ccc(F)cc2)OCCCC[C@@H](C)O3)cc1. The smallest absolute Gasteiger partial charge is 0.323 e. The minimum Gasteiger partial charge on any atom is -0.497 e. The first-order chi connectivity index (χ1) is 23.8. The van der Waals surface area contributed by atoms with Crippen molar-refractivity contribution in [1.82, 2.24) is 9.21 Å². The maximum absolute atomic E-state index is 14.4. The normalized spacial score (nSPS) is 19.9. The molecule has 0 saturated heterocycles. The van der Waals surface area contributed by atoms with E-state index in [4.69, 9.17) is 14.2 Å². The van der Waals surface area contributed by atoms with Crippen molar-refractivity contribution < 1.29 is 41.7 Å². The number of aliphatic hydroxyl groups is 1. The third-order valence-corrected chi connectivity index (χ3v) is 10.5. The lowest BCUT2D eigenvalue weighted by molar-refractivity contribution is -0.00834. The number of nitrogens with zero attached hydrogens (tertiary/aromatic N) is 2. The van der Waals surface area contributed by atoms with Gasteiger partial charge in [-0.2, -0.15) is 4.31 Å². The number of hydrogen-bond acceptors (Lipinski definition) is 8. The second kappa shape index (κ2) is 17.6. The number of halogens is 1. The second-order valence-electron chi connectivity index (χ2n) is 12.6. The summed E-state index contributed by atoms with van der Waals surface area (Å²) in [5.41, 5.74) is 1.08. The molecule has 3 amide bonds. The zero-order chi connectivity index (χ0) is 36.4. The van der Waals surface area contributed by atoms with Gasteiger partial charge in [0.15, 0.2) is 0 Å². The van der Waals surface area contributed by atoms with Crippen LogP contribution in [-0.2, 0) is 14.8 Å². The van der Waals surface area contributed by atoms with E-state index < -0.39 is 39.9 Å². The van der Waals surface area contributed by atoms with Crippen LogP contribution in [-0.4, -0.2) is 93.4 Å². The highest BCUT2D eigenvalue weighted by atomic mass is 32.2. The van der Waals surface area contributed by atoms with Gasteiger partial charge in [0, 0.05) is 44.0 Å². The van der Waals surface area contributed by atoms with Crippen molar-refractivity contribution in [3.8, 4) is 11.5 Å². The molecule has 3 aromatic rings. The lowest BCUT2D eigenvalue weighted by Crippen LogP contribution is -2.48. The van der Waals surface area contributed by atoms with Gasteiger partial charge in [0.2, 0.25) is 10.0 Å². The molecule has 4 atom stereocenters. The van der Waals surface area contributed by atoms with Crippen LogP contribution in [0.15, 0.2) is 71.6 Å². The van der Waals surface area contributed by atoms with E-state index in [1.807, 2.05) is 13.8 Å². The molecule has 14 heteroatoms. The molecule has 3 N–H and O–H groups in total. The van der Waals surface area contributed by atoms with Gasteiger partial charge < -0.3 is 34.9 Å². The number of anilines is 2. The number of benzene rings is 3. The maximum Gasteiger partial charge on any atom is 0.323 e. The van der Waals surface area contributed by atoms with E-state index in [-0.39, 0.29) is 42.2 Å². The number of nitrogens with one attached hydrogen (secondary N) is 2. The number of methoxy groups -OCH3 is 1. The maximum atomic E-state index is 14.4. The van der Waals surface area contributed by atoms with Crippen LogP contribution < -0.4 is 20.1 Å². The Bertz CT molecular complexity index is 1690. The average Bonchev–Trinajstić information content (AvgIpc) is 3.09. The second-order valence-corrected chi connectivity index (χ2v) is 14.6. The van der Waals surface area contributed by atoms with E-state index in [1.54, 1.807) is 56.5 Å². The van der Waals surface area contributed by atoms with Crippen molar-refractivity contribution in [1.29, 1.82) is 0 Å². The predicted octanol–water partition coefficient (Wildman–Crippen LogP) is 5.59. The number of aliphatic hydroxyl groups excluding tert-OH is 1. The molecular weight excluding hydrogens is 667 g/mol. The minimum absolute atomic E-state index is 0.0239. The first-order valence-corrected chi connectivity index (χ1v) is 18.0. The molecule has 12 nitrogen and oxygen atoms in total. The van der Waals surface area contributed by atoms with Crippen LogP contribution in [0.5, 0.6) is 11.5 Å². The van der Waals surface area contributed by atoms with Crippen LogP contribution in [0.25, 0.3) is 0 Å². The zero-order valence-electron chi connectivity index (χ0n) is 29.1. The number of ether oxygens (including phenoxy) is 3. The summed E-state index contributed by atoms with van der Waals surface area (Å²) < 4.78 is 59.1. The summed E-state index contributed by atoms with van der Waals surface area (Å²) in [6, 6.07) is 15.1. The Balaban J connectivity index is 1.61. The number of hydrogen-bond donors (Lipinski definition) is 3. The predicted molar refractivity (Wildman–Crippen MR) is 189 cm³/mol. The Labute approximate surface area is 293 Å². The first kappa shape index (κ1) is 38.6. The number of urea groups is 1. The van der Waals surface area contributed by atoms with Crippen LogP contribution in [0, 0.1) is 11.7 Å². The van der Waals surface area contributed by atoms with Crippen LogP contribution >= 0.6 is 0 Å². The molecule has 0 unspecified atom stereocenters. The number of carbonyl (C=O) groups excluding carboxylic acids is 2. The summed E-state index contributed by atoms with van der Waals surface area (Å²) in [6.07, 6.45) is 1.24. The fourth-order valence-corrected chi connectivity index (χ4v) is 6.75. The number of sulfonamides is 1. The van der Waals surface area contributed by atoms with Gasteiger partial charge in [0.25, 0.3) is 5.91 Å². The van der Waals surface area contributed by atoms with Crippen molar-refractivity contribution in [2.75, 3.05) is 51.1 Å². The first-order valence-electron chi connectivity index (χ1n) is 16.6. The molecular formula is C36H47FN4O8S. The Hall–Kier alpha value is -4.24. The molecule has 1 aliphatic rings. The molecule has 0 bridgehead atoms. The molecule has 0 saturated carbocycles. The quantitative estimate of drug-likeness (QED) is 0.260. The van der Waals surface area contributed by atoms with Crippen LogP contribution in [0.4, 0.5) is 20.6 Å². The summed E-state index contributed by atoms with van der Waals surface area (Å²) in [5, 5.41) is 15.7. The van der Waals surface area contributed by atoms with Gasteiger partial charge in [-0.1, -0.05) is 6.92 Å². The van der Waals surface area contributed by atoms with Crippen molar-refractivity contribution in [2.24, 2.45) is 5.92 Å². The summed E-state index contributed by atoms with van der Waals surface area (Å²) in [4.78, 5) is 28.7. The van der Waals surface area contributed by atoms with Gasteiger partial charge in [-0.25, -0.2) is 17.6 Å². The Morgan fingerprint density at radius 2 is 1.72 bits per heavy atom. The van der Waals surface area contributed by atoms with E-state index in [1.165, 1.54) is 28.4 Å². The fraction of sp³-hybridized carbons (Fsp3) is 0.444. The molecule has 0 spiro atoms. The molecule has 272 valence electrons. The van der Waals surface area contributed by atoms with Gasteiger partial charge in [0.05, 0.1) is 42.4 Å². The molecule has 3 aromatic carbocycles. The van der Waals surface area contributed by atoms with Gasteiger partial charge in [-0.3, -0.25) is 4.79 Å². The number of amides is 3. The molecule has 0 radical (unpaired) electrons. The fourth-order valence-electron chi connectivity index (χ4n) is 5.57. The van der Waals surface area contributed by atoms with E-state index in [9.17, 15) is 27.5 Å². The summed E-state index contributed by atoms with van der Waals surface area (Å²) in [6.45, 7) is 5.59. The highest BCUT2D eigenvalue weighted by Crippen LogP contribution is 2.29. The van der Waals surface area contributed by atoms with E-state index >= 15 is 0 Å². The van der Waals surface area contributed by atoms with Crippen molar-refractivity contribution >= 4 is 33.3 Å². The minimum atomic E-state index is -3.97. The van der Waals surface area contributed by atoms with Gasteiger partial charge in [-0.15, -0.1) is 0 Å². The lowest BCUT2D eigenvalue weighted by Gasteiger charge is -2.35. The molecule has 50 heavy (non-hydrogen) atoms. The van der Waals surface area contributed by atoms with Crippen LogP contribution in [0.3, 0.4) is 0 Å². The molecule has 0 aromatic heterocycles. The van der Waals surface area contributed by atoms with Gasteiger partial charge in [0.1, 0.15) is 17.3 Å². The molecule has 0 aliphatic carbocycles. The number of fused-ring (bicyclic) bond motifs is 1. The van der Waals surface area contributed by atoms with Crippen molar-refractivity contribution in [3.63, 3.8) is 0 Å². The van der Waals surface area contributed by atoms with Gasteiger partial charge in [-0.05, 0) is 99.8 Å². The Morgan fingerprint density at radius 1 is 1.06 bits per heavy atom. The molecule has 1 aliphatic heterocycles. The molecule has 0 fully saturated rings. The average molecular weight is 715 g/mol. The Kier molecular flexibility index (Phi) is 13.6. The highest BCUT2D eigenvalue weighted by molar-refractivity contribution is 7.89. The highest BCUT2D eigenvalue weighted by Gasteiger charge is 2.32.